The molecule has 1 fully saturated rings. The van der Waals surface area contributed by atoms with E-state index in [1.807, 2.05) is 30.3 Å². The summed E-state index contributed by atoms with van der Waals surface area (Å²) in [5.41, 5.74) is 0.865. The molecule has 0 amide bonds. The van der Waals surface area contributed by atoms with Gasteiger partial charge in [0, 0.05) is 13.1 Å². The van der Waals surface area contributed by atoms with E-state index < -0.39 is 10.0 Å². The highest BCUT2D eigenvalue weighted by atomic mass is 32.2. The summed E-state index contributed by atoms with van der Waals surface area (Å²) in [6.45, 7) is 4.46. The van der Waals surface area contributed by atoms with Crippen LogP contribution in [0.3, 0.4) is 0 Å². The van der Waals surface area contributed by atoms with Crippen LogP contribution in [0.5, 0.6) is 0 Å². The Hall–Kier alpha value is -0.910. The lowest BCUT2D eigenvalue weighted by atomic mass is 9.90. The molecule has 1 atom stereocenters. The molecular weight excluding hydrogens is 248 g/mol. The van der Waals surface area contributed by atoms with E-state index in [9.17, 15) is 8.42 Å². The number of hydrogen-bond acceptors (Lipinski definition) is 3. The molecule has 2 rings (SSSR count). The van der Waals surface area contributed by atoms with Crippen LogP contribution >= 0.6 is 0 Å². The first-order chi connectivity index (χ1) is 8.49. The third kappa shape index (κ3) is 3.80. The van der Waals surface area contributed by atoms with Gasteiger partial charge in [-0.3, -0.25) is 0 Å². The third-order valence-corrected chi connectivity index (χ3v) is 4.67. The summed E-state index contributed by atoms with van der Waals surface area (Å²) in [4.78, 5) is 0. The van der Waals surface area contributed by atoms with Crippen LogP contribution in [0.4, 0.5) is 0 Å². The van der Waals surface area contributed by atoms with Gasteiger partial charge in [0.15, 0.2) is 0 Å². The number of benzene rings is 1. The Labute approximate surface area is 109 Å². The van der Waals surface area contributed by atoms with Crippen molar-refractivity contribution >= 4 is 10.0 Å². The summed E-state index contributed by atoms with van der Waals surface area (Å²) in [6.07, 6.45) is 1.01. The predicted molar refractivity (Wildman–Crippen MR) is 72.7 cm³/mol. The molecule has 1 aliphatic heterocycles. The van der Waals surface area contributed by atoms with Crippen LogP contribution in [0.15, 0.2) is 30.3 Å². The minimum atomic E-state index is -3.24. The maximum absolute atomic E-state index is 12.0. The van der Waals surface area contributed by atoms with E-state index in [0.717, 1.165) is 25.1 Å². The first-order valence-corrected chi connectivity index (χ1v) is 7.86. The molecule has 18 heavy (non-hydrogen) atoms. The summed E-state index contributed by atoms with van der Waals surface area (Å²) >= 11 is 0. The lowest BCUT2D eigenvalue weighted by Gasteiger charge is -2.22. The van der Waals surface area contributed by atoms with Crippen molar-refractivity contribution in [3.05, 3.63) is 35.9 Å². The van der Waals surface area contributed by atoms with Gasteiger partial charge < -0.3 is 5.32 Å². The molecule has 2 N–H and O–H groups in total. The molecule has 0 aromatic heterocycles. The summed E-state index contributed by atoms with van der Waals surface area (Å²) in [5, 5.41) is 3.26. The van der Waals surface area contributed by atoms with E-state index in [1.54, 1.807) is 0 Å². The van der Waals surface area contributed by atoms with Crippen molar-refractivity contribution in [1.29, 1.82) is 0 Å². The fourth-order valence-corrected chi connectivity index (χ4v) is 3.45. The fourth-order valence-electron chi connectivity index (χ4n) is 2.15. The van der Waals surface area contributed by atoms with Crippen molar-refractivity contribution in [1.82, 2.24) is 10.0 Å². The van der Waals surface area contributed by atoms with E-state index in [2.05, 4.69) is 17.0 Å². The van der Waals surface area contributed by atoms with Crippen molar-refractivity contribution in [2.45, 2.75) is 19.1 Å². The van der Waals surface area contributed by atoms with Gasteiger partial charge in [0.1, 0.15) is 0 Å². The van der Waals surface area contributed by atoms with E-state index in [-0.39, 0.29) is 11.2 Å². The van der Waals surface area contributed by atoms with Crippen molar-refractivity contribution in [3.8, 4) is 0 Å². The molecule has 0 saturated carbocycles. The van der Waals surface area contributed by atoms with Crippen LogP contribution in [0.1, 0.15) is 18.9 Å². The molecule has 100 valence electrons. The smallest absolute Gasteiger partial charge is 0.215 e. The normalized spacial score (nSPS) is 24.3. The SMILES string of the molecule is CC1(CNS(=O)(=O)Cc2ccccc2)CCNC1. The largest absolute Gasteiger partial charge is 0.316 e. The summed E-state index contributed by atoms with van der Waals surface area (Å²) in [6, 6.07) is 9.25. The maximum Gasteiger partial charge on any atom is 0.215 e. The minimum absolute atomic E-state index is 0.0454. The zero-order valence-electron chi connectivity index (χ0n) is 10.6. The highest BCUT2D eigenvalue weighted by molar-refractivity contribution is 7.88. The second-order valence-electron chi connectivity index (χ2n) is 5.30. The van der Waals surface area contributed by atoms with Gasteiger partial charge in [-0.2, -0.15) is 0 Å². The summed E-state index contributed by atoms with van der Waals surface area (Å²) < 4.78 is 26.7. The van der Waals surface area contributed by atoms with Crippen LogP contribution in [-0.2, 0) is 15.8 Å². The van der Waals surface area contributed by atoms with Crippen LogP contribution in [-0.4, -0.2) is 28.1 Å². The molecule has 1 saturated heterocycles. The standard InChI is InChI=1S/C13H20N2O2S/c1-13(7-8-14-10-13)11-15-18(16,17)9-12-5-3-2-4-6-12/h2-6,14-15H,7-11H2,1H3. The van der Waals surface area contributed by atoms with E-state index >= 15 is 0 Å². The number of rotatable bonds is 5. The van der Waals surface area contributed by atoms with Crippen LogP contribution in [0.2, 0.25) is 0 Å². The van der Waals surface area contributed by atoms with Crippen LogP contribution in [0.25, 0.3) is 0 Å². The van der Waals surface area contributed by atoms with Crippen molar-refractivity contribution in [3.63, 3.8) is 0 Å². The molecule has 1 aromatic carbocycles. The van der Waals surface area contributed by atoms with Crippen molar-refractivity contribution in [2.75, 3.05) is 19.6 Å². The average Bonchev–Trinajstić information content (AvgIpc) is 2.76. The molecule has 4 nitrogen and oxygen atoms in total. The zero-order chi connectivity index (χ0) is 13.1. The molecule has 1 aliphatic rings. The van der Waals surface area contributed by atoms with Gasteiger partial charge in [-0.25, -0.2) is 13.1 Å². The maximum atomic E-state index is 12.0. The lowest BCUT2D eigenvalue weighted by molar-refractivity contribution is 0.363. The topological polar surface area (TPSA) is 58.2 Å². The Morgan fingerprint density at radius 3 is 2.67 bits per heavy atom. The van der Waals surface area contributed by atoms with Crippen molar-refractivity contribution < 1.29 is 8.42 Å². The molecule has 0 bridgehead atoms. The molecular formula is C13H20N2O2S. The van der Waals surface area contributed by atoms with E-state index in [1.165, 1.54) is 0 Å². The Morgan fingerprint density at radius 2 is 2.06 bits per heavy atom. The molecule has 1 aromatic rings. The molecule has 0 aliphatic carbocycles. The second kappa shape index (κ2) is 5.38. The summed E-state index contributed by atoms with van der Waals surface area (Å²) in [7, 11) is -3.24. The lowest BCUT2D eigenvalue weighted by Crippen LogP contribution is -2.37. The Kier molecular flexibility index (Phi) is 4.04. The molecule has 5 heteroatoms. The Morgan fingerprint density at radius 1 is 1.33 bits per heavy atom. The zero-order valence-corrected chi connectivity index (χ0v) is 11.5. The van der Waals surface area contributed by atoms with Gasteiger partial charge in [-0.1, -0.05) is 37.3 Å². The third-order valence-electron chi connectivity index (χ3n) is 3.38. The number of hydrogen-bond donors (Lipinski definition) is 2. The predicted octanol–water partition coefficient (Wildman–Crippen LogP) is 1.11. The summed E-state index contributed by atoms with van der Waals surface area (Å²) in [5.74, 6) is 0.0529. The minimum Gasteiger partial charge on any atom is -0.316 e. The van der Waals surface area contributed by atoms with Gasteiger partial charge in [0.05, 0.1) is 5.75 Å². The molecule has 0 radical (unpaired) electrons. The molecule has 1 heterocycles. The number of sulfonamides is 1. The fraction of sp³-hybridized carbons (Fsp3) is 0.538. The first-order valence-electron chi connectivity index (χ1n) is 6.21. The van der Waals surface area contributed by atoms with E-state index in [0.29, 0.717) is 6.54 Å². The number of nitrogens with one attached hydrogen (secondary N) is 2. The highest BCUT2D eigenvalue weighted by Gasteiger charge is 2.29. The van der Waals surface area contributed by atoms with Crippen LogP contribution in [0, 0.1) is 5.41 Å². The Bertz CT molecular complexity index is 479. The average molecular weight is 268 g/mol. The van der Waals surface area contributed by atoms with Gasteiger partial charge in [0.2, 0.25) is 10.0 Å². The quantitative estimate of drug-likeness (QED) is 0.841. The van der Waals surface area contributed by atoms with E-state index in [4.69, 9.17) is 0 Å². The molecule has 0 spiro atoms. The Balaban J connectivity index is 1.92. The first kappa shape index (κ1) is 13.5. The van der Waals surface area contributed by atoms with Gasteiger partial charge in [-0.05, 0) is 23.9 Å². The van der Waals surface area contributed by atoms with Gasteiger partial charge in [0.25, 0.3) is 0 Å². The van der Waals surface area contributed by atoms with Gasteiger partial charge in [-0.15, -0.1) is 0 Å². The van der Waals surface area contributed by atoms with Gasteiger partial charge >= 0.3 is 0 Å². The monoisotopic (exact) mass is 268 g/mol. The molecule has 1 unspecified atom stereocenters. The van der Waals surface area contributed by atoms with Crippen LogP contribution < -0.4 is 10.0 Å². The van der Waals surface area contributed by atoms with Crippen molar-refractivity contribution in [2.24, 2.45) is 5.41 Å². The highest BCUT2D eigenvalue weighted by Crippen LogP contribution is 2.23. The second-order valence-corrected chi connectivity index (χ2v) is 7.11.